The van der Waals surface area contributed by atoms with E-state index in [0.29, 0.717) is 18.0 Å². The van der Waals surface area contributed by atoms with Crippen LogP contribution in [0.25, 0.3) is 0 Å². The smallest absolute Gasteiger partial charge is 0.333 e. The molecule has 21 heavy (non-hydrogen) atoms. The lowest BCUT2D eigenvalue weighted by Crippen LogP contribution is -2.10. The molecule has 1 N–H and O–H groups in total. The minimum Gasteiger partial charge on any atom is -0.484 e. The van der Waals surface area contributed by atoms with Gasteiger partial charge >= 0.3 is 5.69 Å². The van der Waals surface area contributed by atoms with Gasteiger partial charge in [-0.1, -0.05) is 6.07 Å². The van der Waals surface area contributed by atoms with Crippen LogP contribution in [0.5, 0.6) is 5.75 Å². The molecule has 0 bridgehead atoms. The summed E-state index contributed by atoms with van der Waals surface area (Å²) in [5, 5.41) is 18.5. The van der Waals surface area contributed by atoms with Crippen molar-refractivity contribution in [1.29, 1.82) is 0 Å². The average molecular weight is 306 g/mol. The summed E-state index contributed by atoms with van der Waals surface area (Å²) in [4.78, 5) is 10.9. The van der Waals surface area contributed by atoms with Crippen LogP contribution in [0, 0.1) is 10.1 Å². The molecule has 0 spiro atoms. The molecule has 0 atom stereocenters. The molecule has 6 heteroatoms. The fourth-order valence-corrected chi connectivity index (χ4v) is 2.68. The normalized spacial score (nSPS) is 10.6. The molecule has 5 nitrogen and oxygen atoms in total. The quantitative estimate of drug-likeness (QED) is 0.618. The van der Waals surface area contributed by atoms with E-state index in [9.17, 15) is 10.1 Å². The second-order valence-corrected chi connectivity index (χ2v) is 5.66. The Morgan fingerprint density at radius 3 is 2.81 bits per heavy atom. The SMILES string of the molecule is CC(C)Oc1cccc(NCCc2ccsc2)c1[N+](=O)[O-]. The van der Waals surface area contributed by atoms with Crippen molar-refractivity contribution in [3.05, 3.63) is 50.7 Å². The molecule has 2 rings (SSSR count). The highest BCUT2D eigenvalue weighted by atomic mass is 32.1. The summed E-state index contributed by atoms with van der Waals surface area (Å²) in [7, 11) is 0. The van der Waals surface area contributed by atoms with Gasteiger partial charge < -0.3 is 10.1 Å². The lowest BCUT2D eigenvalue weighted by atomic mass is 10.2. The number of nitrogens with zero attached hydrogens (tertiary/aromatic N) is 1. The van der Waals surface area contributed by atoms with Crippen molar-refractivity contribution in [2.75, 3.05) is 11.9 Å². The van der Waals surface area contributed by atoms with E-state index in [1.165, 1.54) is 5.56 Å². The van der Waals surface area contributed by atoms with Gasteiger partial charge in [0.2, 0.25) is 0 Å². The standard InChI is InChI=1S/C15H18N2O3S/c1-11(2)20-14-5-3-4-13(15(14)17(18)19)16-8-6-12-7-9-21-10-12/h3-5,7,9-11,16H,6,8H2,1-2H3. The van der Waals surface area contributed by atoms with E-state index >= 15 is 0 Å². The van der Waals surface area contributed by atoms with Crippen LogP contribution in [0.2, 0.25) is 0 Å². The third-order valence-electron chi connectivity index (χ3n) is 2.85. The number of anilines is 1. The molecule has 0 aliphatic rings. The van der Waals surface area contributed by atoms with Gasteiger partial charge in [0.15, 0.2) is 5.75 Å². The minimum atomic E-state index is -0.398. The number of thiophene rings is 1. The first-order chi connectivity index (χ1) is 10.1. The number of nitrogens with one attached hydrogen (secondary N) is 1. The summed E-state index contributed by atoms with van der Waals surface area (Å²) in [6.45, 7) is 4.34. The summed E-state index contributed by atoms with van der Waals surface area (Å²) in [6, 6.07) is 7.15. The number of nitro groups is 1. The molecular weight excluding hydrogens is 288 g/mol. The molecule has 1 heterocycles. The first-order valence-electron chi connectivity index (χ1n) is 6.77. The van der Waals surface area contributed by atoms with E-state index in [2.05, 4.69) is 16.8 Å². The van der Waals surface area contributed by atoms with Crippen molar-refractivity contribution in [3.8, 4) is 5.75 Å². The molecule has 0 amide bonds. The number of hydrogen-bond acceptors (Lipinski definition) is 5. The Kier molecular flexibility index (Phi) is 5.16. The Morgan fingerprint density at radius 1 is 1.38 bits per heavy atom. The minimum absolute atomic E-state index is 0.00322. The summed E-state index contributed by atoms with van der Waals surface area (Å²) < 4.78 is 5.52. The van der Waals surface area contributed by atoms with Crippen LogP contribution in [0.4, 0.5) is 11.4 Å². The highest BCUT2D eigenvalue weighted by Crippen LogP contribution is 2.35. The van der Waals surface area contributed by atoms with Crippen LogP contribution in [-0.4, -0.2) is 17.6 Å². The lowest BCUT2D eigenvalue weighted by molar-refractivity contribution is -0.385. The zero-order valence-electron chi connectivity index (χ0n) is 12.0. The van der Waals surface area contributed by atoms with Crippen molar-refractivity contribution in [2.45, 2.75) is 26.4 Å². The third-order valence-corrected chi connectivity index (χ3v) is 3.59. The molecule has 0 unspecified atom stereocenters. The molecule has 0 fully saturated rings. The fourth-order valence-electron chi connectivity index (χ4n) is 1.98. The first-order valence-corrected chi connectivity index (χ1v) is 7.71. The van der Waals surface area contributed by atoms with E-state index in [0.717, 1.165) is 6.42 Å². The van der Waals surface area contributed by atoms with Crippen molar-refractivity contribution >= 4 is 22.7 Å². The average Bonchev–Trinajstić information content (AvgIpc) is 2.91. The maximum atomic E-state index is 11.3. The Morgan fingerprint density at radius 2 is 2.19 bits per heavy atom. The monoisotopic (exact) mass is 306 g/mol. The van der Waals surface area contributed by atoms with Gasteiger partial charge in [0.1, 0.15) is 5.69 Å². The van der Waals surface area contributed by atoms with Crippen LogP contribution in [0.15, 0.2) is 35.0 Å². The van der Waals surface area contributed by atoms with E-state index in [1.54, 1.807) is 29.5 Å². The van der Waals surface area contributed by atoms with E-state index in [4.69, 9.17) is 4.74 Å². The number of hydrogen-bond donors (Lipinski definition) is 1. The van der Waals surface area contributed by atoms with Crippen molar-refractivity contribution in [3.63, 3.8) is 0 Å². The Labute approximate surface area is 127 Å². The number of ether oxygens (including phenoxy) is 1. The van der Waals surface area contributed by atoms with Gasteiger partial charge in [-0.3, -0.25) is 10.1 Å². The maximum Gasteiger partial charge on any atom is 0.333 e. The fraction of sp³-hybridized carbons (Fsp3) is 0.333. The Hall–Kier alpha value is -2.08. The highest BCUT2D eigenvalue weighted by Gasteiger charge is 2.21. The van der Waals surface area contributed by atoms with Crippen LogP contribution < -0.4 is 10.1 Å². The predicted molar refractivity (Wildman–Crippen MR) is 85.4 cm³/mol. The topological polar surface area (TPSA) is 64.4 Å². The Bertz CT molecular complexity index is 597. The molecule has 112 valence electrons. The Balaban J connectivity index is 2.12. The van der Waals surface area contributed by atoms with E-state index in [-0.39, 0.29) is 11.8 Å². The highest BCUT2D eigenvalue weighted by molar-refractivity contribution is 7.07. The molecule has 0 radical (unpaired) electrons. The molecular formula is C15H18N2O3S. The summed E-state index contributed by atoms with van der Waals surface area (Å²) in [5.74, 6) is 0.301. The molecule has 2 aromatic rings. The van der Waals surface area contributed by atoms with Crippen LogP contribution >= 0.6 is 11.3 Å². The molecule has 0 aliphatic carbocycles. The molecule has 0 aliphatic heterocycles. The van der Waals surface area contributed by atoms with Gasteiger partial charge in [-0.25, -0.2) is 0 Å². The predicted octanol–water partition coefficient (Wildman–Crippen LogP) is 4.10. The van der Waals surface area contributed by atoms with Crippen LogP contribution in [0.3, 0.4) is 0 Å². The molecule has 0 saturated heterocycles. The van der Waals surface area contributed by atoms with Crippen molar-refractivity contribution < 1.29 is 9.66 Å². The van der Waals surface area contributed by atoms with E-state index in [1.807, 2.05) is 19.2 Å². The second kappa shape index (κ2) is 7.08. The zero-order valence-corrected chi connectivity index (χ0v) is 12.9. The molecule has 0 saturated carbocycles. The number of rotatable bonds is 7. The number of para-hydroxylation sites is 1. The van der Waals surface area contributed by atoms with Crippen molar-refractivity contribution in [1.82, 2.24) is 0 Å². The van der Waals surface area contributed by atoms with Gasteiger partial charge in [0.25, 0.3) is 0 Å². The summed E-state index contributed by atoms with van der Waals surface area (Å²) in [6.07, 6.45) is 0.723. The number of nitro benzene ring substituents is 1. The molecule has 1 aromatic carbocycles. The second-order valence-electron chi connectivity index (χ2n) is 4.88. The zero-order chi connectivity index (χ0) is 15.2. The summed E-state index contributed by atoms with van der Waals surface area (Å²) >= 11 is 1.65. The largest absolute Gasteiger partial charge is 0.484 e. The van der Waals surface area contributed by atoms with E-state index < -0.39 is 4.92 Å². The number of benzene rings is 1. The van der Waals surface area contributed by atoms with Gasteiger partial charge in [0, 0.05) is 6.54 Å². The first kappa shape index (κ1) is 15.3. The van der Waals surface area contributed by atoms with Gasteiger partial charge in [0.05, 0.1) is 11.0 Å². The van der Waals surface area contributed by atoms with Crippen molar-refractivity contribution in [2.24, 2.45) is 0 Å². The lowest BCUT2D eigenvalue weighted by Gasteiger charge is -2.13. The van der Waals surface area contributed by atoms with Gasteiger partial charge in [-0.05, 0) is 54.8 Å². The van der Waals surface area contributed by atoms with Crippen LogP contribution in [0.1, 0.15) is 19.4 Å². The summed E-state index contributed by atoms with van der Waals surface area (Å²) in [5.41, 5.74) is 1.72. The van der Waals surface area contributed by atoms with Crippen LogP contribution in [-0.2, 0) is 6.42 Å². The van der Waals surface area contributed by atoms with Gasteiger partial charge in [-0.15, -0.1) is 0 Å². The molecule has 1 aromatic heterocycles. The third kappa shape index (κ3) is 4.19. The maximum absolute atomic E-state index is 11.3. The van der Waals surface area contributed by atoms with Gasteiger partial charge in [-0.2, -0.15) is 11.3 Å².